The summed E-state index contributed by atoms with van der Waals surface area (Å²) in [5.41, 5.74) is 0.481. The fourth-order valence-corrected chi connectivity index (χ4v) is 1.06. The highest BCUT2D eigenvalue weighted by molar-refractivity contribution is 6.29. The van der Waals surface area contributed by atoms with Gasteiger partial charge in [-0.05, 0) is 0 Å². The van der Waals surface area contributed by atoms with E-state index in [0.717, 1.165) is 0 Å². The molecule has 0 unspecified atom stereocenters. The SMILES string of the molecule is COCc1nnc(-c2cnc(Cl)cn2)o1. The number of aromatic nitrogens is 4. The van der Waals surface area contributed by atoms with E-state index in [2.05, 4.69) is 20.2 Å². The summed E-state index contributed by atoms with van der Waals surface area (Å²) in [6.07, 6.45) is 2.88. The highest BCUT2D eigenvalue weighted by atomic mass is 35.5. The Morgan fingerprint density at radius 3 is 2.87 bits per heavy atom. The second-order valence-corrected chi connectivity index (χ2v) is 3.05. The molecule has 0 spiro atoms. The van der Waals surface area contributed by atoms with Crippen LogP contribution in [0.15, 0.2) is 16.8 Å². The van der Waals surface area contributed by atoms with Crippen molar-refractivity contribution < 1.29 is 9.15 Å². The summed E-state index contributed by atoms with van der Waals surface area (Å²) >= 11 is 5.59. The van der Waals surface area contributed by atoms with Crippen molar-refractivity contribution in [3.05, 3.63) is 23.4 Å². The molecular weight excluding hydrogens is 220 g/mol. The van der Waals surface area contributed by atoms with Crippen LogP contribution in [0.1, 0.15) is 5.89 Å². The average Bonchev–Trinajstić information content (AvgIpc) is 2.68. The average molecular weight is 227 g/mol. The molecule has 0 aromatic carbocycles. The Morgan fingerprint density at radius 2 is 2.20 bits per heavy atom. The smallest absolute Gasteiger partial charge is 0.267 e. The lowest BCUT2D eigenvalue weighted by molar-refractivity contribution is 0.160. The van der Waals surface area contributed by atoms with Gasteiger partial charge >= 0.3 is 0 Å². The summed E-state index contributed by atoms with van der Waals surface area (Å²) in [6, 6.07) is 0. The maximum atomic E-state index is 5.59. The molecule has 6 nitrogen and oxygen atoms in total. The third-order valence-electron chi connectivity index (χ3n) is 1.57. The monoisotopic (exact) mass is 226 g/mol. The molecule has 2 rings (SSSR count). The fraction of sp³-hybridized carbons (Fsp3) is 0.250. The van der Waals surface area contributed by atoms with Gasteiger partial charge in [-0.25, -0.2) is 9.97 Å². The molecule has 0 saturated carbocycles. The van der Waals surface area contributed by atoms with Gasteiger partial charge in [-0.15, -0.1) is 10.2 Å². The lowest BCUT2D eigenvalue weighted by Crippen LogP contribution is -1.85. The molecule has 2 aromatic heterocycles. The van der Waals surface area contributed by atoms with Crippen LogP contribution in [-0.4, -0.2) is 27.3 Å². The van der Waals surface area contributed by atoms with Crippen LogP contribution in [0.4, 0.5) is 0 Å². The van der Waals surface area contributed by atoms with Crippen LogP contribution in [0.25, 0.3) is 11.6 Å². The van der Waals surface area contributed by atoms with Crippen molar-refractivity contribution in [1.29, 1.82) is 0 Å². The number of rotatable bonds is 3. The molecule has 2 aromatic rings. The van der Waals surface area contributed by atoms with E-state index < -0.39 is 0 Å². The number of hydrogen-bond donors (Lipinski definition) is 0. The van der Waals surface area contributed by atoms with Crippen molar-refractivity contribution in [2.75, 3.05) is 7.11 Å². The van der Waals surface area contributed by atoms with Crippen LogP contribution in [-0.2, 0) is 11.3 Å². The minimum atomic E-state index is 0.272. The topological polar surface area (TPSA) is 73.9 Å². The number of methoxy groups -OCH3 is 1. The number of halogens is 1. The van der Waals surface area contributed by atoms with Gasteiger partial charge in [-0.1, -0.05) is 11.6 Å². The molecular formula is C8H7ClN4O2. The quantitative estimate of drug-likeness (QED) is 0.786. The van der Waals surface area contributed by atoms with Gasteiger partial charge in [0.25, 0.3) is 5.89 Å². The Bertz CT molecular complexity index is 442. The van der Waals surface area contributed by atoms with Gasteiger partial charge in [-0.2, -0.15) is 0 Å². The largest absolute Gasteiger partial charge is 0.417 e. The summed E-state index contributed by atoms with van der Waals surface area (Å²) in [5, 5.41) is 7.87. The van der Waals surface area contributed by atoms with Gasteiger partial charge < -0.3 is 9.15 Å². The molecule has 0 aliphatic carbocycles. The molecule has 78 valence electrons. The first-order valence-electron chi connectivity index (χ1n) is 4.09. The highest BCUT2D eigenvalue weighted by Crippen LogP contribution is 2.15. The van der Waals surface area contributed by atoms with Crippen LogP contribution in [0.5, 0.6) is 0 Å². The van der Waals surface area contributed by atoms with E-state index in [1.54, 1.807) is 7.11 Å². The van der Waals surface area contributed by atoms with E-state index in [0.29, 0.717) is 22.6 Å². The second-order valence-electron chi connectivity index (χ2n) is 2.66. The Hall–Kier alpha value is -1.53. The van der Waals surface area contributed by atoms with Crippen molar-refractivity contribution in [3.8, 4) is 11.6 Å². The van der Waals surface area contributed by atoms with Crippen molar-refractivity contribution in [1.82, 2.24) is 20.2 Å². The standard InChI is InChI=1S/C8H7ClN4O2/c1-14-4-7-12-13-8(15-7)5-2-11-6(9)3-10-5/h2-3H,4H2,1H3. The van der Waals surface area contributed by atoms with Crippen LogP contribution < -0.4 is 0 Å². The number of nitrogens with zero attached hydrogens (tertiary/aromatic N) is 4. The number of ether oxygens (including phenoxy) is 1. The first kappa shape index (κ1) is 10.0. The molecule has 2 heterocycles. The van der Waals surface area contributed by atoms with Crippen molar-refractivity contribution in [2.24, 2.45) is 0 Å². The summed E-state index contributed by atoms with van der Waals surface area (Å²) in [4.78, 5) is 7.85. The van der Waals surface area contributed by atoms with Gasteiger partial charge in [0.2, 0.25) is 5.89 Å². The molecule has 0 radical (unpaired) electrons. The maximum absolute atomic E-state index is 5.59. The predicted molar refractivity (Wildman–Crippen MR) is 51.0 cm³/mol. The van der Waals surface area contributed by atoms with Gasteiger partial charge in [0.1, 0.15) is 17.5 Å². The normalized spacial score (nSPS) is 10.5. The third kappa shape index (κ3) is 2.28. The maximum Gasteiger partial charge on any atom is 0.267 e. The molecule has 0 atom stereocenters. The van der Waals surface area contributed by atoms with E-state index in [1.165, 1.54) is 12.4 Å². The zero-order valence-corrected chi connectivity index (χ0v) is 8.60. The van der Waals surface area contributed by atoms with Crippen LogP contribution in [0.3, 0.4) is 0 Å². The van der Waals surface area contributed by atoms with E-state index in [4.69, 9.17) is 20.8 Å². The second kappa shape index (κ2) is 4.33. The zero-order valence-electron chi connectivity index (χ0n) is 7.85. The minimum Gasteiger partial charge on any atom is -0.417 e. The first-order chi connectivity index (χ1) is 7.29. The fourth-order valence-electron chi connectivity index (χ4n) is 0.962. The Kier molecular flexibility index (Phi) is 2.89. The molecule has 0 fully saturated rings. The minimum absolute atomic E-state index is 0.272. The molecule has 7 heteroatoms. The van der Waals surface area contributed by atoms with Crippen LogP contribution in [0, 0.1) is 0 Å². The lowest BCUT2D eigenvalue weighted by atomic mass is 10.4. The summed E-state index contributed by atoms with van der Waals surface area (Å²) in [6.45, 7) is 0.272. The molecule has 0 aliphatic rings. The van der Waals surface area contributed by atoms with E-state index in [1.807, 2.05) is 0 Å². The van der Waals surface area contributed by atoms with Gasteiger partial charge in [-0.3, -0.25) is 0 Å². The Labute approximate surface area is 90.3 Å². The zero-order chi connectivity index (χ0) is 10.7. The molecule has 0 aliphatic heterocycles. The molecule has 0 bridgehead atoms. The van der Waals surface area contributed by atoms with Gasteiger partial charge in [0, 0.05) is 7.11 Å². The van der Waals surface area contributed by atoms with Gasteiger partial charge in [0.05, 0.1) is 12.4 Å². The van der Waals surface area contributed by atoms with E-state index in [9.17, 15) is 0 Å². The predicted octanol–water partition coefficient (Wildman–Crippen LogP) is 1.33. The molecule has 0 N–H and O–H groups in total. The first-order valence-corrected chi connectivity index (χ1v) is 4.46. The lowest BCUT2D eigenvalue weighted by Gasteiger charge is -1.92. The Balaban J connectivity index is 2.25. The molecule has 0 saturated heterocycles. The van der Waals surface area contributed by atoms with Crippen molar-refractivity contribution in [2.45, 2.75) is 6.61 Å². The Morgan fingerprint density at radius 1 is 1.33 bits per heavy atom. The third-order valence-corrected chi connectivity index (χ3v) is 1.77. The summed E-state index contributed by atoms with van der Waals surface area (Å²) < 4.78 is 10.1. The number of hydrogen-bond acceptors (Lipinski definition) is 6. The van der Waals surface area contributed by atoms with Crippen LogP contribution >= 0.6 is 11.6 Å². The van der Waals surface area contributed by atoms with E-state index in [-0.39, 0.29) is 6.61 Å². The van der Waals surface area contributed by atoms with Crippen molar-refractivity contribution in [3.63, 3.8) is 0 Å². The summed E-state index contributed by atoms with van der Waals surface area (Å²) in [5.74, 6) is 0.690. The van der Waals surface area contributed by atoms with Crippen molar-refractivity contribution >= 4 is 11.6 Å². The van der Waals surface area contributed by atoms with E-state index >= 15 is 0 Å². The van der Waals surface area contributed by atoms with Crippen LogP contribution in [0.2, 0.25) is 5.15 Å². The molecule has 15 heavy (non-hydrogen) atoms. The summed E-state index contributed by atoms with van der Waals surface area (Å²) in [7, 11) is 1.55. The molecule has 0 amide bonds. The van der Waals surface area contributed by atoms with Gasteiger partial charge in [0.15, 0.2) is 0 Å². The highest BCUT2D eigenvalue weighted by Gasteiger charge is 2.09.